The highest BCUT2D eigenvalue weighted by atomic mass is 32.1. The van der Waals surface area contributed by atoms with Crippen molar-refractivity contribution < 1.29 is 4.79 Å². The molecule has 3 heterocycles. The monoisotopic (exact) mass is 388 g/mol. The number of benzene rings is 2. The molecule has 132 valence electrons. The molecule has 0 saturated heterocycles. The van der Waals surface area contributed by atoms with Gasteiger partial charge in [0.25, 0.3) is 5.91 Å². The van der Waals surface area contributed by atoms with E-state index in [0.717, 1.165) is 27.3 Å². The van der Waals surface area contributed by atoms with E-state index in [2.05, 4.69) is 46.7 Å². The molecule has 4 aromatic rings. The van der Waals surface area contributed by atoms with Gasteiger partial charge in [-0.2, -0.15) is 0 Å². The fraction of sp³-hybridized carbons (Fsp3) is 0.0909. The summed E-state index contributed by atoms with van der Waals surface area (Å²) in [5.74, 6) is -0.0559. The van der Waals surface area contributed by atoms with Crippen LogP contribution in [-0.4, -0.2) is 12.1 Å². The van der Waals surface area contributed by atoms with Crippen molar-refractivity contribution in [2.24, 2.45) is 4.99 Å². The van der Waals surface area contributed by atoms with Gasteiger partial charge in [-0.25, -0.2) is 0 Å². The van der Waals surface area contributed by atoms with Crippen molar-refractivity contribution in [3.05, 3.63) is 75.5 Å². The van der Waals surface area contributed by atoms with Gasteiger partial charge in [-0.3, -0.25) is 9.79 Å². The number of carbonyl (C=O) groups is 1. The van der Waals surface area contributed by atoms with Crippen LogP contribution in [0.1, 0.15) is 26.4 Å². The second-order valence-electron chi connectivity index (χ2n) is 6.60. The lowest BCUT2D eigenvalue weighted by Crippen LogP contribution is -2.12. The number of nitrogens with zero attached hydrogens (tertiary/aromatic N) is 1. The number of rotatable bonds is 3. The van der Waals surface area contributed by atoms with E-state index in [1.807, 2.05) is 30.7 Å². The van der Waals surface area contributed by atoms with Crippen LogP contribution in [0.3, 0.4) is 0 Å². The molecule has 0 fully saturated rings. The zero-order chi connectivity index (χ0) is 18.4. The summed E-state index contributed by atoms with van der Waals surface area (Å²) in [6.07, 6.45) is 1.90. The first-order chi connectivity index (χ1) is 13.2. The van der Waals surface area contributed by atoms with Crippen molar-refractivity contribution in [2.75, 3.05) is 5.32 Å². The maximum absolute atomic E-state index is 12.7. The minimum Gasteiger partial charge on any atom is -0.321 e. The van der Waals surface area contributed by atoms with Gasteiger partial charge in [0.05, 0.1) is 11.4 Å². The Morgan fingerprint density at radius 3 is 2.85 bits per heavy atom. The average molecular weight is 389 g/mol. The SMILES string of the molecule is Cc1ccsc1C(=O)Nc1cc2c(c(-c3cc4ccccc4s3)c1)CN=C2. The highest BCUT2D eigenvalue weighted by Crippen LogP contribution is 2.39. The predicted octanol–water partition coefficient (Wildman–Crippen LogP) is 6.12. The van der Waals surface area contributed by atoms with Crippen LogP contribution >= 0.6 is 22.7 Å². The molecule has 1 N–H and O–H groups in total. The van der Waals surface area contributed by atoms with Crippen LogP contribution in [0.5, 0.6) is 0 Å². The quantitative estimate of drug-likeness (QED) is 0.451. The van der Waals surface area contributed by atoms with Crippen molar-refractivity contribution in [1.29, 1.82) is 0 Å². The van der Waals surface area contributed by atoms with E-state index in [-0.39, 0.29) is 5.91 Å². The maximum Gasteiger partial charge on any atom is 0.265 e. The summed E-state index contributed by atoms with van der Waals surface area (Å²) in [4.78, 5) is 19.1. The zero-order valence-electron chi connectivity index (χ0n) is 14.7. The summed E-state index contributed by atoms with van der Waals surface area (Å²) in [6, 6.07) is 16.7. The third kappa shape index (κ3) is 2.89. The molecule has 1 aliphatic rings. The minimum absolute atomic E-state index is 0.0559. The Bertz CT molecular complexity index is 1180. The number of amides is 1. The molecule has 0 aliphatic carbocycles. The van der Waals surface area contributed by atoms with E-state index in [1.165, 1.54) is 31.9 Å². The lowest BCUT2D eigenvalue weighted by atomic mass is 10.0. The smallest absolute Gasteiger partial charge is 0.265 e. The number of hydrogen-bond donors (Lipinski definition) is 1. The summed E-state index contributed by atoms with van der Waals surface area (Å²) in [5.41, 5.74) is 5.29. The van der Waals surface area contributed by atoms with E-state index in [9.17, 15) is 4.79 Å². The largest absolute Gasteiger partial charge is 0.321 e. The van der Waals surface area contributed by atoms with Crippen LogP contribution in [0.4, 0.5) is 5.69 Å². The Kier molecular flexibility index (Phi) is 3.92. The molecule has 5 rings (SSSR count). The van der Waals surface area contributed by atoms with Gasteiger partial charge in [-0.15, -0.1) is 22.7 Å². The van der Waals surface area contributed by atoms with Gasteiger partial charge in [0.1, 0.15) is 0 Å². The molecular formula is C22H16N2OS2. The van der Waals surface area contributed by atoms with Gasteiger partial charge >= 0.3 is 0 Å². The molecular weight excluding hydrogens is 372 g/mol. The third-order valence-corrected chi connectivity index (χ3v) is 6.95. The van der Waals surface area contributed by atoms with Crippen molar-refractivity contribution in [2.45, 2.75) is 13.5 Å². The summed E-state index contributed by atoms with van der Waals surface area (Å²) in [6.45, 7) is 2.65. The Morgan fingerprint density at radius 2 is 2.04 bits per heavy atom. The van der Waals surface area contributed by atoms with E-state index in [0.29, 0.717) is 6.54 Å². The standard InChI is InChI=1S/C22H16N2OS2/c1-13-6-7-26-21(13)22(25)24-16-8-15-11-23-12-18(15)17(10-16)20-9-14-4-2-3-5-19(14)27-20/h2-11H,12H2,1H3,(H,24,25). The van der Waals surface area contributed by atoms with E-state index >= 15 is 0 Å². The maximum atomic E-state index is 12.7. The number of hydrogen-bond acceptors (Lipinski definition) is 4. The summed E-state index contributed by atoms with van der Waals surface area (Å²) >= 11 is 3.25. The number of aryl methyl sites for hydroxylation is 1. The van der Waals surface area contributed by atoms with Gasteiger partial charge in [-0.1, -0.05) is 18.2 Å². The molecule has 5 heteroatoms. The molecule has 27 heavy (non-hydrogen) atoms. The van der Waals surface area contributed by atoms with Gasteiger partial charge in [0, 0.05) is 27.0 Å². The van der Waals surface area contributed by atoms with Crippen LogP contribution in [0.2, 0.25) is 0 Å². The van der Waals surface area contributed by atoms with E-state index in [1.54, 1.807) is 11.3 Å². The van der Waals surface area contributed by atoms with E-state index in [4.69, 9.17) is 0 Å². The average Bonchev–Trinajstić information content (AvgIpc) is 3.39. The van der Waals surface area contributed by atoms with Crippen molar-refractivity contribution in [1.82, 2.24) is 0 Å². The number of carbonyl (C=O) groups excluding carboxylic acids is 1. The molecule has 0 spiro atoms. The molecule has 0 unspecified atom stereocenters. The molecule has 0 atom stereocenters. The first kappa shape index (κ1) is 16.4. The second kappa shape index (κ2) is 6.44. The normalized spacial score (nSPS) is 12.5. The summed E-state index contributed by atoms with van der Waals surface area (Å²) in [7, 11) is 0. The molecule has 1 aliphatic heterocycles. The Hall–Kier alpha value is -2.76. The molecule has 0 saturated carbocycles. The number of thiophene rings is 2. The highest BCUT2D eigenvalue weighted by molar-refractivity contribution is 7.22. The first-order valence-corrected chi connectivity index (χ1v) is 10.4. The van der Waals surface area contributed by atoms with Crippen LogP contribution in [0.25, 0.3) is 20.5 Å². The van der Waals surface area contributed by atoms with Crippen LogP contribution in [-0.2, 0) is 6.54 Å². The summed E-state index contributed by atoms with van der Waals surface area (Å²) < 4.78 is 1.27. The number of fused-ring (bicyclic) bond motifs is 2. The van der Waals surface area contributed by atoms with Crippen LogP contribution in [0, 0.1) is 6.92 Å². The zero-order valence-corrected chi connectivity index (χ0v) is 16.3. The van der Waals surface area contributed by atoms with Crippen molar-refractivity contribution >= 4 is 50.6 Å². The lowest BCUT2D eigenvalue weighted by Gasteiger charge is -2.11. The fourth-order valence-electron chi connectivity index (χ4n) is 3.42. The minimum atomic E-state index is -0.0559. The molecule has 2 aromatic heterocycles. The third-order valence-electron chi connectivity index (χ3n) is 4.78. The molecule has 3 nitrogen and oxygen atoms in total. The van der Waals surface area contributed by atoms with Crippen molar-refractivity contribution in [3.8, 4) is 10.4 Å². The van der Waals surface area contributed by atoms with Crippen LogP contribution < -0.4 is 5.32 Å². The van der Waals surface area contributed by atoms with Gasteiger partial charge in [0.15, 0.2) is 0 Å². The molecule has 0 bridgehead atoms. The van der Waals surface area contributed by atoms with Gasteiger partial charge in [-0.05, 0) is 64.7 Å². The number of nitrogens with one attached hydrogen (secondary N) is 1. The van der Waals surface area contributed by atoms with E-state index < -0.39 is 0 Å². The predicted molar refractivity (Wildman–Crippen MR) is 116 cm³/mol. The Labute approximate surface area is 165 Å². The Morgan fingerprint density at radius 1 is 1.15 bits per heavy atom. The molecule has 2 aromatic carbocycles. The topological polar surface area (TPSA) is 41.5 Å². The molecule has 0 radical (unpaired) electrons. The summed E-state index contributed by atoms with van der Waals surface area (Å²) in [5, 5.41) is 6.26. The highest BCUT2D eigenvalue weighted by Gasteiger charge is 2.18. The van der Waals surface area contributed by atoms with Crippen LogP contribution in [0.15, 0.2) is 58.9 Å². The second-order valence-corrected chi connectivity index (χ2v) is 8.60. The molecule has 1 amide bonds. The fourth-order valence-corrected chi connectivity index (χ4v) is 5.35. The lowest BCUT2D eigenvalue weighted by molar-refractivity contribution is 0.103. The first-order valence-electron chi connectivity index (χ1n) is 8.70. The van der Waals surface area contributed by atoms with Gasteiger partial charge < -0.3 is 5.32 Å². The Balaban J connectivity index is 1.58. The number of aliphatic imine (C=N–C) groups is 1. The number of anilines is 1. The van der Waals surface area contributed by atoms with Gasteiger partial charge in [0.2, 0.25) is 0 Å². The van der Waals surface area contributed by atoms with Crippen molar-refractivity contribution in [3.63, 3.8) is 0 Å².